The minimum atomic E-state index is -0.500. The van der Waals surface area contributed by atoms with Crippen LogP contribution >= 0.6 is 0 Å². The molecule has 2 amide bonds. The zero-order chi connectivity index (χ0) is 15.0. The van der Waals surface area contributed by atoms with Crippen LogP contribution in [-0.4, -0.2) is 29.1 Å². The third-order valence-electron chi connectivity index (χ3n) is 2.21. The summed E-state index contributed by atoms with van der Waals surface area (Å²) in [5, 5.41) is 5.28. The predicted octanol–water partition coefficient (Wildman–Crippen LogP) is 1.61. The third-order valence-corrected chi connectivity index (χ3v) is 2.21. The topological polar surface area (TPSA) is 80.3 Å². The molecular weight excluding hydrogens is 258 g/mol. The van der Waals surface area contributed by atoms with Crippen LogP contribution in [0.1, 0.15) is 32.8 Å². The van der Waals surface area contributed by atoms with Crippen LogP contribution in [0.5, 0.6) is 0 Å². The number of nitrogens with zero attached hydrogens (tertiary/aromatic N) is 1. The maximum absolute atomic E-state index is 11.5. The van der Waals surface area contributed by atoms with Crippen LogP contribution in [0, 0.1) is 0 Å². The average molecular weight is 279 g/mol. The molecule has 0 radical (unpaired) electrons. The number of carbonyl (C=O) groups excluding carboxylic acids is 2. The molecule has 1 aromatic heterocycles. The number of urea groups is 1. The lowest BCUT2D eigenvalue weighted by Crippen LogP contribution is -2.36. The molecule has 2 N–H and O–H groups in total. The lowest BCUT2D eigenvalue weighted by molar-refractivity contribution is -0.154. The maximum Gasteiger partial charge on any atom is 0.315 e. The monoisotopic (exact) mass is 279 g/mol. The van der Waals surface area contributed by atoms with E-state index in [1.165, 1.54) is 0 Å². The van der Waals surface area contributed by atoms with E-state index in [2.05, 4.69) is 15.6 Å². The van der Waals surface area contributed by atoms with Crippen LogP contribution in [0.15, 0.2) is 24.5 Å². The van der Waals surface area contributed by atoms with Crippen molar-refractivity contribution in [2.24, 2.45) is 0 Å². The van der Waals surface area contributed by atoms with E-state index in [4.69, 9.17) is 4.74 Å². The van der Waals surface area contributed by atoms with E-state index >= 15 is 0 Å². The maximum atomic E-state index is 11.5. The summed E-state index contributed by atoms with van der Waals surface area (Å²) < 4.78 is 5.13. The van der Waals surface area contributed by atoms with Gasteiger partial charge in [0.05, 0.1) is 6.42 Å². The second-order valence-corrected chi connectivity index (χ2v) is 5.31. The molecule has 0 saturated carbocycles. The normalized spacial score (nSPS) is 10.8. The highest BCUT2D eigenvalue weighted by Crippen LogP contribution is 2.07. The molecule has 20 heavy (non-hydrogen) atoms. The first-order chi connectivity index (χ1) is 9.37. The summed E-state index contributed by atoms with van der Waals surface area (Å²) in [4.78, 5) is 26.9. The quantitative estimate of drug-likeness (QED) is 0.802. The number of ether oxygens (including phenoxy) is 1. The van der Waals surface area contributed by atoms with Gasteiger partial charge < -0.3 is 15.4 Å². The Hall–Kier alpha value is -2.11. The Labute approximate surface area is 118 Å². The molecule has 0 bridgehead atoms. The molecule has 6 heteroatoms. The van der Waals surface area contributed by atoms with Crippen LogP contribution in [-0.2, 0) is 16.1 Å². The molecule has 0 fully saturated rings. The first-order valence-corrected chi connectivity index (χ1v) is 6.49. The number of amides is 2. The summed E-state index contributed by atoms with van der Waals surface area (Å²) in [6.07, 6.45) is 3.50. The number of hydrogen-bond acceptors (Lipinski definition) is 4. The highest BCUT2D eigenvalue weighted by Gasteiger charge is 2.15. The molecule has 0 spiro atoms. The van der Waals surface area contributed by atoms with Gasteiger partial charge in [-0.25, -0.2) is 4.79 Å². The van der Waals surface area contributed by atoms with Crippen molar-refractivity contribution in [1.82, 2.24) is 15.6 Å². The zero-order valence-electron chi connectivity index (χ0n) is 12.1. The van der Waals surface area contributed by atoms with Gasteiger partial charge >= 0.3 is 12.0 Å². The van der Waals surface area contributed by atoms with Gasteiger partial charge in [0, 0.05) is 25.5 Å². The van der Waals surface area contributed by atoms with Crippen molar-refractivity contribution in [2.75, 3.05) is 6.54 Å². The molecule has 0 atom stereocenters. The van der Waals surface area contributed by atoms with Gasteiger partial charge in [-0.15, -0.1) is 0 Å². The van der Waals surface area contributed by atoms with E-state index in [-0.39, 0.29) is 25.0 Å². The Morgan fingerprint density at radius 2 is 2.05 bits per heavy atom. The fourth-order valence-corrected chi connectivity index (χ4v) is 1.42. The molecule has 0 saturated heterocycles. The Bertz CT molecular complexity index is 441. The molecule has 1 rings (SSSR count). The van der Waals surface area contributed by atoms with E-state index < -0.39 is 5.60 Å². The van der Waals surface area contributed by atoms with E-state index in [1.807, 2.05) is 6.07 Å². The molecule has 0 aliphatic carbocycles. The fraction of sp³-hybridized carbons (Fsp3) is 0.500. The Morgan fingerprint density at radius 1 is 1.30 bits per heavy atom. The van der Waals surface area contributed by atoms with Gasteiger partial charge in [0.15, 0.2) is 0 Å². The molecule has 110 valence electrons. The highest BCUT2D eigenvalue weighted by molar-refractivity contribution is 5.75. The van der Waals surface area contributed by atoms with Crippen LogP contribution < -0.4 is 10.6 Å². The lowest BCUT2D eigenvalue weighted by atomic mass is 10.2. The van der Waals surface area contributed by atoms with Gasteiger partial charge in [0.1, 0.15) is 5.60 Å². The molecule has 1 aromatic rings. The summed E-state index contributed by atoms with van der Waals surface area (Å²) >= 11 is 0. The Kier molecular flexibility index (Phi) is 5.96. The minimum absolute atomic E-state index is 0.150. The molecular formula is C14H21N3O3. The number of rotatable bonds is 5. The first kappa shape index (κ1) is 15.9. The lowest BCUT2D eigenvalue weighted by Gasteiger charge is -2.19. The second kappa shape index (κ2) is 7.47. The van der Waals surface area contributed by atoms with Gasteiger partial charge in [-0.3, -0.25) is 9.78 Å². The molecule has 6 nitrogen and oxygen atoms in total. The summed E-state index contributed by atoms with van der Waals surface area (Å²) in [5.41, 5.74) is 0.411. The first-order valence-electron chi connectivity index (χ1n) is 6.49. The molecule has 0 aliphatic rings. The summed E-state index contributed by atoms with van der Waals surface area (Å²) in [7, 11) is 0. The van der Waals surface area contributed by atoms with E-state index in [9.17, 15) is 9.59 Å². The third kappa shape index (κ3) is 7.35. The van der Waals surface area contributed by atoms with Gasteiger partial charge in [0.2, 0.25) is 0 Å². The van der Waals surface area contributed by atoms with Crippen LogP contribution in [0.4, 0.5) is 4.79 Å². The summed E-state index contributed by atoms with van der Waals surface area (Å²) in [5.74, 6) is -0.329. The van der Waals surface area contributed by atoms with Crippen molar-refractivity contribution in [2.45, 2.75) is 39.3 Å². The predicted molar refractivity (Wildman–Crippen MR) is 74.9 cm³/mol. The van der Waals surface area contributed by atoms with Gasteiger partial charge in [-0.2, -0.15) is 0 Å². The van der Waals surface area contributed by atoms with Crippen molar-refractivity contribution >= 4 is 12.0 Å². The Morgan fingerprint density at radius 3 is 2.65 bits per heavy atom. The van der Waals surface area contributed by atoms with Crippen LogP contribution in [0.3, 0.4) is 0 Å². The van der Waals surface area contributed by atoms with E-state index in [1.54, 1.807) is 39.2 Å². The standard InChI is InChI=1S/C14H21N3O3/c1-14(2,3)20-12(18)6-8-16-13(19)17-10-11-5-4-7-15-9-11/h4-5,7,9H,6,8,10H2,1-3H3,(H2,16,17,19). The number of nitrogens with one attached hydrogen (secondary N) is 2. The van der Waals surface area contributed by atoms with Crippen LogP contribution in [0.25, 0.3) is 0 Å². The van der Waals surface area contributed by atoms with Crippen molar-refractivity contribution in [3.8, 4) is 0 Å². The fourth-order valence-electron chi connectivity index (χ4n) is 1.42. The largest absolute Gasteiger partial charge is 0.460 e. The van der Waals surface area contributed by atoms with Crippen molar-refractivity contribution in [3.63, 3.8) is 0 Å². The molecule has 0 unspecified atom stereocenters. The van der Waals surface area contributed by atoms with Gasteiger partial charge in [-0.1, -0.05) is 6.07 Å². The SMILES string of the molecule is CC(C)(C)OC(=O)CCNC(=O)NCc1cccnc1. The van der Waals surface area contributed by atoms with Gasteiger partial charge in [0.25, 0.3) is 0 Å². The zero-order valence-corrected chi connectivity index (χ0v) is 12.1. The number of esters is 1. The highest BCUT2D eigenvalue weighted by atomic mass is 16.6. The number of hydrogen-bond donors (Lipinski definition) is 2. The van der Waals surface area contributed by atoms with Crippen molar-refractivity contribution < 1.29 is 14.3 Å². The molecule has 1 heterocycles. The van der Waals surface area contributed by atoms with E-state index in [0.29, 0.717) is 6.54 Å². The van der Waals surface area contributed by atoms with Gasteiger partial charge in [-0.05, 0) is 32.4 Å². The smallest absolute Gasteiger partial charge is 0.315 e. The average Bonchev–Trinajstić information content (AvgIpc) is 2.35. The molecule has 0 aliphatic heterocycles. The minimum Gasteiger partial charge on any atom is -0.460 e. The number of aromatic nitrogens is 1. The van der Waals surface area contributed by atoms with Crippen LogP contribution in [0.2, 0.25) is 0 Å². The second-order valence-electron chi connectivity index (χ2n) is 5.31. The summed E-state index contributed by atoms with van der Waals surface area (Å²) in [6, 6.07) is 3.35. The summed E-state index contributed by atoms with van der Waals surface area (Å²) in [6.45, 7) is 6.05. The van der Waals surface area contributed by atoms with Crippen molar-refractivity contribution in [1.29, 1.82) is 0 Å². The number of pyridine rings is 1. The Balaban J connectivity index is 2.16. The number of carbonyl (C=O) groups is 2. The van der Waals surface area contributed by atoms with E-state index in [0.717, 1.165) is 5.56 Å². The molecule has 0 aromatic carbocycles. The van der Waals surface area contributed by atoms with Crippen molar-refractivity contribution in [3.05, 3.63) is 30.1 Å².